The van der Waals surface area contributed by atoms with Crippen molar-refractivity contribution in [3.05, 3.63) is 12.2 Å². The van der Waals surface area contributed by atoms with Gasteiger partial charge in [-0.3, -0.25) is 0 Å². The molecule has 2 N–H and O–H groups in total. The van der Waals surface area contributed by atoms with Crippen LogP contribution in [0, 0.1) is 17.8 Å². The Morgan fingerprint density at radius 1 is 1.31 bits per heavy atom. The molecule has 3 unspecified atom stereocenters. The maximum absolute atomic E-state index is 11.2. The summed E-state index contributed by atoms with van der Waals surface area (Å²) >= 11 is 0. The van der Waals surface area contributed by atoms with E-state index < -0.39 is 10.0 Å². The molecule has 4 nitrogen and oxygen atoms in total. The predicted octanol–water partition coefficient (Wildman–Crippen LogP) is 0.337. The molecule has 0 amide bonds. The monoisotopic (exact) mass is 244 g/mol. The third-order valence-corrected chi connectivity index (χ3v) is 5.05. The highest BCUT2D eigenvalue weighted by atomic mass is 32.2. The van der Waals surface area contributed by atoms with Gasteiger partial charge in [0.05, 0.1) is 5.75 Å². The van der Waals surface area contributed by atoms with Gasteiger partial charge in [-0.25, -0.2) is 13.1 Å². The van der Waals surface area contributed by atoms with Crippen molar-refractivity contribution in [1.29, 1.82) is 0 Å². The summed E-state index contributed by atoms with van der Waals surface area (Å²) < 4.78 is 24.6. The number of hydrogen-bond acceptors (Lipinski definition) is 3. The summed E-state index contributed by atoms with van der Waals surface area (Å²) in [4.78, 5) is 0. The second-order valence-electron chi connectivity index (χ2n) is 4.77. The van der Waals surface area contributed by atoms with Crippen LogP contribution < -0.4 is 10.0 Å². The molecule has 0 heterocycles. The lowest BCUT2D eigenvalue weighted by atomic mass is 9.94. The third-order valence-electron chi connectivity index (χ3n) is 3.68. The standard InChI is InChI=1S/C11H20N2O2S/c1-12-16(14,15)5-4-13-8-11-7-9-2-3-10(11)6-9/h2-3,9-13H,4-8H2,1H3. The van der Waals surface area contributed by atoms with Crippen LogP contribution in [-0.4, -0.2) is 34.3 Å². The first-order chi connectivity index (χ1) is 7.61. The fourth-order valence-electron chi connectivity index (χ4n) is 2.73. The van der Waals surface area contributed by atoms with E-state index in [1.807, 2.05) is 0 Å². The molecule has 0 spiro atoms. The van der Waals surface area contributed by atoms with Gasteiger partial charge in [0.2, 0.25) is 10.0 Å². The molecule has 2 aliphatic carbocycles. The van der Waals surface area contributed by atoms with E-state index >= 15 is 0 Å². The van der Waals surface area contributed by atoms with E-state index in [9.17, 15) is 8.42 Å². The molecule has 3 atom stereocenters. The summed E-state index contributed by atoms with van der Waals surface area (Å²) in [5, 5.41) is 3.25. The number of sulfonamides is 1. The van der Waals surface area contributed by atoms with Crippen LogP contribution in [0.3, 0.4) is 0 Å². The molecule has 0 radical (unpaired) electrons. The van der Waals surface area contributed by atoms with Crippen molar-refractivity contribution in [1.82, 2.24) is 10.0 Å². The van der Waals surface area contributed by atoms with Crippen LogP contribution >= 0.6 is 0 Å². The molecule has 0 aromatic rings. The van der Waals surface area contributed by atoms with E-state index in [2.05, 4.69) is 22.2 Å². The number of hydrogen-bond donors (Lipinski definition) is 2. The van der Waals surface area contributed by atoms with Gasteiger partial charge in [-0.15, -0.1) is 0 Å². The van der Waals surface area contributed by atoms with Crippen LogP contribution in [0.1, 0.15) is 12.8 Å². The summed E-state index contributed by atoms with van der Waals surface area (Å²) in [6, 6.07) is 0. The maximum Gasteiger partial charge on any atom is 0.212 e. The van der Waals surface area contributed by atoms with Gasteiger partial charge in [0.1, 0.15) is 0 Å². The molecule has 2 bridgehead atoms. The normalized spacial score (nSPS) is 32.4. The van der Waals surface area contributed by atoms with Gasteiger partial charge >= 0.3 is 0 Å². The van der Waals surface area contributed by atoms with E-state index in [-0.39, 0.29) is 5.75 Å². The summed E-state index contributed by atoms with van der Waals surface area (Å²) in [5.41, 5.74) is 0. The fraction of sp³-hybridized carbons (Fsp3) is 0.818. The smallest absolute Gasteiger partial charge is 0.212 e. The summed E-state index contributed by atoms with van der Waals surface area (Å²) in [6.45, 7) is 1.49. The van der Waals surface area contributed by atoms with Crippen molar-refractivity contribution in [2.24, 2.45) is 17.8 Å². The summed E-state index contributed by atoms with van der Waals surface area (Å²) in [5.74, 6) is 2.41. The minimum Gasteiger partial charge on any atom is -0.315 e. The quantitative estimate of drug-likeness (QED) is 0.523. The number of rotatable bonds is 6. The molecular weight excluding hydrogens is 224 g/mol. The molecular formula is C11H20N2O2S. The lowest BCUT2D eigenvalue weighted by Gasteiger charge is -2.18. The van der Waals surface area contributed by atoms with Crippen molar-refractivity contribution in [2.45, 2.75) is 12.8 Å². The zero-order valence-electron chi connectivity index (χ0n) is 9.65. The Hall–Kier alpha value is -0.390. The predicted molar refractivity (Wildman–Crippen MR) is 64.6 cm³/mol. The van der Waals surface area contributed by atoms with Gasteiger partial charge in [0, 0.05) is 6.54 Å². The lowest BCUT2D eigenvalue weighted by molar-refractivity contribution is 0.419. The third kappa shape index (κ3) is 2.84. The van der Waals surface area contributed by atoms with Crippen molar-refractivity contribution in [2.75, 3.05) is 25.9 Å². The Morgan fingerprint density at radius 3 is 2.69 bits per heavy atom. The van der Waals surface area contributed by atoms with Gasteiger partial charge in [0.15, 0.2) is 0 Å². The highest BCUT2D eigenvalue weighted by Crippen LogP contribution is 2.42. The highest BCUT2D eigenvalue weighted by molar-refractivity contribution is 7.89. The van der Waals surface area contributed by atoms with Crippen molar-refractivity contribution in [3.8, 4) is 0 Å². The molecule has 0 aromatic carbocycles. The van der Waals surface area contributed by atoms with Gasteiger partial charge in [0.25, 0.3) is 0 Å². The van der Waals surface area contributed by atoms with E-state index in [0.29, 0.717) is 12.5 Å². The first kappa shape index (κ1) is 12.1. The largest absolute Gasteiger partial charge is 0.315 e. The number of allylic oxidation sites excluding steroid dienone is 2. The molecule has 0 aliphatic heterocycles. The Bertz CT molecular complexity index is 364. The zero-order chi connectivity index (χ0) is 11.6. The molecule has 2 aliphatic rings. The molecule has 16 heavy (non-hydrogen) atoms. The molecule has 2 rings (SSSR count). The molecule has 5 heteroatoms. The van der Waals surface area contributed by atoms with Crippen LogP contribution in [0.5, 0.6) is 0 Å². The van der Waals surface area contributed by atoms with Crippen molar-refractivity contribution in [3.63, 3.8) is 0 Å². The Morgan fingerprint density at radius 2 is 2.12 bits per heavy atom. The molecule has 0 aromatic heterocycles. The lowest BCUT2D eigenvalue weighted by Crippen LogP contribution is -2.33. The van der Waals surface area contributed by atoms with Crippen LogP contribution in [0.2, 0.25) is 0 Å². The molecule has 0 saturated heterocycles. The van der Waals surface area contributed by atoms with Crippen LogP contribution in [0.15, 0.2) is 12.2 Å². The Labute approximate surface area is 97.5 Å². The van der Waals surface area contributed by atoms with E-state index in [1.54, 1.807) is 0 Å². The zero-order valence-corrected chi connectivity index (χ0v) is 10.5. The second-order valence-corrected chi connectivity index (χ2v) is 6.81. The summed E-state index contributed by atoms with van der Waals surface area (Å²) in [7, 11) is -1.60. The van der Waals surface area contributed by atoms with E-state index in [0.717, 1.165) is 18.4 Å². The molecule has 1 saturated carbocycles. The molecule has 92 valence electrons. The average Bonchev–Trinajstić information content (AvgIpc) is 2.86. The first-order valence-electron chi connectivity index (χ1n) is 5.91. The van der Waals surface area contributed by atoms with Crippen LogP contribution in [0.4, 0.5) is 0 Å². The Balaban J connectivity index is 1.64. The van der Waals surface area contributed by atoms with Gasteiger partial charge < -0.3 is 5.32 Å². The number of nitrogens with one attached hydrogen (secondary N) is 2. The average molecular weight is 244 g/mol. The summed E-state index contributed by atoms with van der Waals surface area (Å²) in [6.07, 6.45) is 7.23. The Kier molecular flexibility index (Phi) is 3.66. The van der Waals surface area contributed by atoms with Gasteiger partial charge in [-0.1, -0.05) is 12.2 Å². The van der Waals surface area contributed by atoms with Crippen LogP contribution in [0.25, 0.3) is 0 Å². The number of fused-ring (bicyclic) bond motifs is 2. The van der Waals surface area contributed by atoms with Crippen LogP contribution in [-0.2, 0) is 10.0 Å². The molecule has 1 fully saturated rings. The second kappa shape index (κ2) is 4.85. The SMILES string of the molecule is CNS(=O)(=O)CCNCC1CC2C=CC1C2. The van der Waals surface area contributed by atoms with E-state index in [4.69, 9.17) is 0 Å². The van der Waals surface area contributed by atoms with Gasteiger partial charge in [-0.05, 0) is 44.2 Å². The van der Waals surface area contributed by atoms with Crippen molar-refractivity contribution >= 4 is 10.0 Å². The maximum atomic E-state index is 11.2. The first-order valence-corrected chi connectivity index (χ1v) is 7.56. The van der Waals surface area contributed by atoms with Crippen molar-refractivity contribution < 1.29 is 8.42 Å². The minimum atomic E-state index is -3.05. The fourth-order valence-corrected chi connectivity index (χ4v) is 3.34. The highest BCUT2D eigenvalue weighted by Gasteiger charge is 2.34. The van der Waals surface area contributed by atoms with Gasteiger partial charge in [-0.2, -0.15) is 0 Å². The van der Waals surface area contributed by atoms with E-state index in [1.165, 1.54) is 19.9 Å². The topological polar surface area (TPSA) is 58.2 Å². The minimum absolute atomic E-state index is 0.167.